The number of thiophene rings is 2. The van der Waals surface area contributed by atoms with Gasteiger partial charge in [0.15, 0.2) is 0 Å². The Bertz CT molecular complexity index is 1040. The van der Waals surface area contributed by atoms with Crippen molar-refractivity contribution in [2.45, 2.75) is 38.5 Å². The smallest absolute Gasteiger partial charge is 0.267 e. The molecule has 27 heavy (non-hydrogen) atoms. The van der Waals surface area contributed by atoms with Gasteiger partial charge < -0.3 is 11.1 Å². The molecule has 0 atom stereocenters. The van der Waals surface area contributed by atoms with E-state index in [0.29, 0.717) is 20.5 Å². The lowest BCUT2D eigenvalue weighted by molar-refractivity contribution is 0.100. The fourth-order valence-electron chi connectivity index (χ4n) is 3.59. The van der Waals surface area contributed by atoms with Gasteiger partial charge in [0.25, 0.3) is 11.8 Å². The topological polar surface area (TPSA) is 72.2 Å². The standard InChI is InChI=1S/C20H19ClN2O2S2/c21-16-12-8-5-6-10-14(12)26-17(16)19(25)23-20-15(18(22)24)11-7-3-1-2-4-9-13(11)27-20/h5-6,8,10H,1-4,7,9H2,(H2,22,24)(H,23,25). The summed E-state index contributed by atoms with van der Waals surface area (Å²) in [6, 6.07) is 7.65. The predicted molar refractivity (Wildman–Crippen MR) is 114 cm³/mol. The first-order chi connectivity index (χ1) is 13.1. The number of rotatable bonds is 3. The third kappa shape index (κ3) is 3.49. The molecule has 2 heterocycles. The molecule has 1 aromatic carbocycles. The number of hydrogen-bond acceptors (Lipinski definition) is 4. The number of nitrogens with two attached hydrogens (primary N) is 1. The Hall–Kier alpha value is -1.89. The Morgan fingerprint density at radius 1 is 1.04 bits per heavy atom. The molecule has 0 bridgehead atoms. The van der Waals surface area contributed by atoms with Crippen LogP contribution in [0.4, 0.5) is 5.00 Å². The molecule has 0 radical (unpaired) electrons. The summed E-state index contributed by atoms with van der Waals surface area (Å²) in [6.45, 7) is 0. The molecule has 140 valence electrons. The van der Waals surface area contributed by atoms with Crippen LogP contribution in [0.2, 0.25) is 5.02 Å². The van der Waals surface area contributed by atoms with Gasteiger partial charge in [0.2, 0.25) is 0 Å². The summed E-state index contributed by atoms with van der Waals surface area (Å²) in [5.74, 6) is -0.774. The van der Waals surface area contributed by atoms with Crippen LogP contribution in [0.5, 0.6) is 0 Å². The van der Waals surface area contributed by atoms with Gasteiger partial charge in [-0.2, -0.15) is 0 Å². The van der Waals surface area contributed by atoms with E-state index in [4.69, 9.17) is 17.3 Å². The van der Waals surface area contributed by atoms with Crippen LogP contribution in [-0.4, -0.2) is 11.8 Å². The molecule has 0 saturated heterocycles. The Kier molecular flexibility index (Phi) is 5.21. The fraction of sp³-hybridized carbons (Fsp3) is 0.300. The van der Waals surface area contributed by atoms with Gasteiger partial charge in [0, 0.05) is 15.0 Å². The molecule has 4 nitrogen and oxygen atoms in total. The van der Waals surface area contributed by atoms with Crippen LogP contribution < -0.4 is 11.1 Å². The molecule has 3 aromatic rings. The molecular weight excluding hydrogens is 400 g/mol. The highest BCUT2D eigenvalue weighted by Crippen LogP contribution is 2.39. The maximum Gasteiger partial charge on any atom is 0.267 e. The highest BCUT2D eigenvalue weighted by atomic mass is 35.5. The number of amides is 2. The zero-order chi connectivity index (χ0) is 19.0. The lowest BCUT2D eigenvalue weighted by atomic mass is 9.96. The molecule has 2 amide bonds. The van der Waals surface area contributed by atoms with E-state index in [1.807, 2.05) is 24.3 Å². The van der Waals surface area contributed by atoms with Crippen molar-refractivity contribution in [3.05, 3.63) is 50.2 Å². The van der Waals surface area contributed by atoms with E-state index in [1.165, 1.54) is 34.0 Å². The lowest BCUT2D eigenvalue weighted by Crippen LogP contribution is -2.18. The zero-order valence-corrected chi connectivity index (χ0v) is 17.0. The minimum Gasteiger partial charge on any atom is -0.365 e. The molecule has 4 rings (SSSR count). The number of anilines is 1. The summed E-state index contributed by atoms with van der Waals surface area (Å²) < 4.78 is 0.959. The van der Waals surface area contributed by atoms with Gasteiger partial charge in [-0.25, -0.2) is 0 Å². The third-order valence-electron chi connectivity index (χ3n) is 4.89. The Balaban J connectivity index is 1.71. The van der Waals surface area contributed by atoms with Crippen LogP contribution >= 0.6 is 34.3 Å². The number of fused-ring (bicyclic) bond motifs is 2. The molecule has 1 aliphatic rings. The Labute approximate surface area is 170 Å². The van der Waals surface area contributed by atoms with Gasteiger partial charge in [-0.3, -0.25) is 9.59 Å². The summed E-state index contributed by atoms with van der Waals surface area (Å²) in [5, 5.41) is 4.77. The van der Waals surface area contributed by atoms with Gasteiger partial charge in [-0.15, -0.1) is 22.7 Å². The molecular formula is C20H19ClN2O2S2. The van der Waals surface area contributed by atoms with E-state index < -0.39 is 5.91 Å². The van der Waals surface area contributed by atoms with Crippen molar-refractivity contribution < 1.29 is 9.59 Å². The second-order valence-corrected chi connectivity index (χ2v) is 9.22. The monoisotopic (exact) mass is 418 g/mol. The maximum absolute atomic E-state index is 12.9. The van der Waals surface area contributed by atoms with Crippen molar-refractivity contribution in [2.75, 3.05) is 5.32 Å². The van der Waals surface area contributed by atoms with Crippen molar-refractivity contribution in [3.63, 3.8) is 0 Å². The van der Waals surface area contributed by atoms with E-state index in [-0.39, 0.29) is 5.91 Å². The van der Waals surface area contributed by atoms with Crippen molar-refractivity contribution in [2.24, 2.45) is 5.73 Å². The fourth-order valence-corrected chi connectivity index (χ4v) is 6.29. The Morgan fingerprint density at radius 2 is 1.78 bits per heavy atom. The number of primary amides is 1. The molecule has 3 N–H and O–H groups in total. The molecule has 2 aromatic heterocycles. The first kappa shape index (κ1) is 18.5. The average molecular weight is 419 g/mol. The number of carbonyl (C=O) groups is 2. The van der Waals surface area contributed by atoms with Gasteiger partial charge >= 0.3 is 0 Å². The normalized spacial score (nSPS) is 14.4. The molecule has 0 saturated carbocycles. The van der Waals surface area contributed by atoms with Crippen LogP contribution in [0.1, 0.15) is 56.2 Å². The maximum atomic E-state index is 12.9. The van der Waals surface area contributed by atoms with E-state index in [2.05, 4.69) is 5.32 Å². The number of nitrogens with one attached hydrogen (secondary N) is 1. The Morgan fingerprint density at radius 3 is 2.52 bits per heavy atom. The largest absolute Gasteiger partial charge is 0.365 e. The van der Waals surface area contributed by atoms with E-state index in [9.17, 15) is 9.59 Å². The highest BCUT2D eigenvalue weighted by Gasteiger charge is 2.25. The SMILES string of the molecule is NC(=O)c1c(NC(=O)c2sc3ccccc3c2Cl)sc2c1CCCCCC2. The quantitative estimate of drug-likeness (QED) is 0.578. The average Bonchev–Trinajstić information content (AvgIpc) is 3.13. The molecule has 0 spiro atoms. The van der Waals surface area contributed by atoms with Gasteiger partial charge in [-0.1, -0.05) is 42.6 Å². The molecule has 0 aliphatic heterocycles. The van der Waals surface area contributed by atoms with Crippen LogP contribution in [0, 0.1) is 0 Å². The zero-order valence-electron chi connectivity index (χ0n) is 14.6. The van der Waals surface area contributed by atoms with E-state index >= 15 is 0 Å². The third-order valence-corrected chi connectivity index (χ3v) is 7.77. The highest BCUT2D eigenvalue weighted by molar-refractivity contribution is 7.22. The lowest BCUT2D eigenvalue weighted by Gasteiger charge is -2.10. The van der Waals surface area contributed by atoms with E-state index in [1.54, 1.807) is 0 Å². The van der Waals surface area contributed by atoms with Gasteiger partial charge in [0.1, 0.15) is 9.88 Å². The van der Waals surface area contributed by atoms with Gasteiger partial charge in [-0.05, 0) is 37.3 Å². The number of halogens is 1. The predicted octanol–water partition coefficient (Wildman–Crippen LogP) is 5.63. The summed E-state index contributed by atoms with van der Waals surface area (Å²) in [6.07, 6.45) is 6.26. The van der Waals surface area contributed by atoms with Crippen molar-refractivity contribution in [1.29, 1.82) is 0 Å². The first-order valence-electron chi connectivity index (χ1n) is 8.99. The summed E-state index contributed by atoms with van der Waals surface area (Å²) in [4.78, 5) is 26.7. The van der Waals surface area contributed by atoms with Gasteiger partial charge in [0.05, 0.1) is 10.6 Å². The van der Waals surface area contributed by atoms with Crippen molar-refractivity contribution in [3.8, 4) is 0 Å². The van der Waals surface area contributed by atoms with Crippen LogP contribution in [0.15, 0.2) is 24.3 Å². The van der Waals surface area contributed by atoms with Crippen molar-refractivity contribution >= 4 is 61.2 Å². The second kappa shape index (κ2) is 7.62. The molecule has 7 heteroatoms. The summed E-state index contributed by atoms with van der Waals surface area (Å²) in [5.41, 5.74) is 7.16. The first-order valence-corrected chi connectivity index (χ1v) is 11.0. The number of aryl methyl sites for hydroxylation is 1. The van der Waals surface area contributed by atoms with Crippen LogP contribution in [0.3, 0.4) is 0 Å². The second-order valence-electron chi connectivity index (χ2n) is 6.68. The minimum atomic E-state index is -0.481. The summed E-state index contributed by atoms with van der Waals surface area (Å²) in [7, 11) is 0. The van der Waals surface area contributed by atoms with Crippen molar-refractivity contribution in [1.82, 2.24) is 0 Å². The molecule has 0 unspecified atom stereocenters. The number of benzene rings is 1. The summed E-state index contributed by atoms with van der Waals surface area (Å²) >= 11 is 9.26. The van der Waals surface area contributed by atoms with Crippen LogP contribution in [0.25, 0.3) is 10.1 Å². The minimum absolute atomic E-state index is 0.294. The molecule has 0 fully saturated rings. The number of carbonyl (C=O) groups excluding carboxylic acids is 2. The molecule has 1 aliphatic carbocycles. The number of hydrogen-bond donors (Lipinski definition) is 2. The van der Waals surface area contributed by atoms with Crippen LogP contribution in [-0.2, 0) is 12.8 Å². The van der Waals surface area contributed by atoms with E-state index in [0.717, 1.165) is 47.8 Å².